The molecule has 3 aliphatic carbocycles. The monoisotopic (exact) mass is 869 g/mol. The molecular formula is C49H68N6O8. The van der Waals surface area contributed by atoms with Crippen molar-refractivity contribution in [2.75, 3.05) is 11.9 Å². The van der Waals surface area contributed by atoms with E-state index in [9.17, 15) is 39.9 Å². The van der Waals surface area contributed by atoms with Crippen LogP contribution in [0.15, 0.2) is 65.3 Å². The molecule has 63 heavy (non-hydrogen) atoms. The van der Waals surface area contributed by atoms with E-state index in [1.54, 1.807) is 6.20 Å². The highest BCUT2D eigenvalue weighted by atomic mass is 16.4. The fourth-order valence-corrected chi connectivity index (χ4v) is 11.7. The van der Waals surface area contributed by atoms with E-state index in [4.69, 9.17) is 16.5 Å². The third-order valence-electron chi connectivity index (χ3n) is 15.0. The smallest absolute Gasteiger partial charge is 0.328 e. The summed E-state index contributed by atoms with van der Waals surface area (Å²) in [7, 11) is 0. The van der Waals surface area contributed by atoms with Gasteiger partial charge in [0, 0.05) is 43.2 Å². The molecule has 2 aromatic carbocycles. The lowest BCUT2D eigenvalue weighted by atomic mass is 9.62. The van der Waals surface area contributed by atoms with Gasteiger partial charge in [-0.2, -0.15) is 0 Å². The molecule has 3 aromatic rings. The van der Waals surface area contributed by atoms with E-state index in [-0.39, 0.29) is 42.8 Å². The van der Waals surface area contributed by atoms with Gasteiger partial charge in [-0.1, -0.05) is 49.6 Å². The van der Waals surface area contributed by atoms with Crippen molar-refractivity contribution in [3.63, 3.8) is 0 Å². The Balaban J connectivity index is 1.21. The Bertz CT molecular complexity index is 2100. The topological polar surface area (TPSA) is 257 Å². The first kappa shape index (κ1) is 46.4. The molecule has 0 bridgehead atoms. The molecule has 1 aromatic heterocycles. The van der Waals surface area contributed by atoms with Crippen molar-refractivity contribution < 1.29 is 39.9 Å². The third kappa shape index (κ3) is 10.4. The van der Waals surface area contributed by atoms with Crippen LogP contribution < -0.4 is 22.1 Å². The normalized spacial score (nSPS) is 28.2. The van der Waals surface area contributed by atoms with Gasteiger partial charge in [0.05, 0.1) is 23.7 Å². The first-order chi connectivity index (χ1) is 30.4. The number of rotatable bonds is 21. The molecule has 10 unspecified atom stereocenters. The molecule has 342 valence electrons. The van der Waals surface area contributed by atoms with Crippen LogP contribution in [0, 0.1) is 17.8 Å². The number of aliphatic carboxylic acids is 1. The molecule has 7 rings (SSSR count). The number of H-pyrrole nitrogens is 1. The van der Waals surface area contributed by atoms with E-state index in [1.807, 2.05) is 18.2 Å². The summed E-state index contributed by atoms with van der Waals surface area (Å²) in [5.41, 5.74) is 13.9. The number of benzene rings is 2. The van der Waals surface area contributed by atoms with Crippen molar-refractivity contribution in [1.29, 1.82) is 0 Å². The molecule has 14 heteroatoms. The zero-order valence-corrected chi connectivity index (χ0v) is 36.3. The van der Waals surface area contributed by atoms with Gasteiger partial charge < -0.3 is 62.2 Å². The van der Waals surface area contributed by atoms with E-state index < -0.39 is 47.3 Å². The van der Waals surface area contributed by atoms with Crippen molar-refractivity contribution in [2.24, 2.45) is 34.2 Å². The number of nitrogens with two attached hydrogens (primary N) is 2. The van der Waals surface area contributed by atoms with Crippen LogP contribution >= 0.6 is 0 Å². The summed E-state index contributed by atoms with van der Waals surface area (Å²) < 4.78 is 0. The molecule has 2 saturated carbocycles. The number of aromatic amines is 1. The summed E-state index contributed by atoms with van der Waals surface area (Å²) in [5, 5.41) is 64.3. The molecule has 12 N–H and O–H groups in total. The van der Waals surface area contributed by atoms with Gasteiger partial charge in [0.1, 0.15) is 30.1 Å². The summed E-state index contributed by atoms with van der Waals surface area (Å²) >= 11 is 0. The van der Waals surface area contributed by atoms with Crippen LogP contribution in [0.1, 0.15) is 119 Å². The lowest BCUT2D eigenvalue weighted by Gasteiger charge is -2.54. The van der Waals surface area contributed by atoms with E-state index in [0.29, 0.717) is 69.2 Å². The second-order valence-corrected chi connectivity index (χ2v) is 19.0. The number of nitrogens with zero attached hydrogens (tertiary/aromatic N) is 1. The highest BCUT2D eigenvalue weighted by molar-refractivity contribution is 5.86. The number of nitrogens with one attached hydrogen (secondary N) is 3. The van der Waals surface area contributed by atoms with Gasteiger partial charge in [-0.05, 0) is 140 Å². The van der Waals surface area contributed by atoms with E-state index in [2.05, 4.69) is 39.9 Å². The molecule has 2 fully saturated rings. The number of carboxylic acids is 1. The SMILES string of the molecule is NC1=NC(C(=CC(=O)O)C(CC2CCc3cc4ccc(CC=O)cc4cc3C2CCCC(N)CCC(C=O)CCCO)Nc2ccc[nH]2)C2CCC(O)(C3(O)CCCC3)C(O)C2N1. The van der Waals surface area contributed by atoms with Crippen molar-refractivity contribution in [3.05, 3.63) is 77.0 Å². The van der Waals surface area contributed by atoms with E-state index in [0.717, 1.165) is 73.9 Å². The second kappa shape index (κ2) is 20.5. The number of aliphatic hydroxyl groups excluding tert-OH is 2. The number of aryl methyl sites for hydroxylation is 1. The van der Waals surface area contributed by atoms with Gasteiger partial charge in [0.25, 0.3) is 0 Å². The van der Waals surface area contributed by atoms with Crippen LogP contribution in [0.2, 0.25) is 0 Å². The number of anilines is 1. The largest absolute Gasteiger partial charge is 0.478 e. The quantitative estimate of drug-likeness (QED) is 0.0514. The Morgan fingerprint density at radius 1 is 1.00 bits per heavy atom. The molecule has 1 aliphatic heterocycles. The number of carbonyl (C=O) groups is 3. The molecule has 0 amide bonds. The Morgan fingerprint density at radius 2 is 1.81 bits per heavy atom. The van der Waals surface area contributed by atoms with Gasteiger partial charge >= 0.3 is 5.97 Å². The highest BCUT2D eigenvalue weighted by Crippen LogP contribution is 2.50. The van der Waals surface area contributed by atoms with Crippen molar-refractivity contribution >= 4 is 41.1 Å². The zero-order valence-electron chi connectivity index (χ0n) is 36.3. The molecule has 0 radical (unpaired) electrons. The number of hydrogen-bond donors (Lipinski definition) is 10. The van der Waals surface area contributed by atoms with Crippen molar-refractivity contribution in [3.8, 4) is 0 Å². The first-order valence-corrected chi connectivity index (χ1v) is 23.2. The lowest BCUT2D eigenvalue weighted by molar-refractivity contribution is -0.227. The van der Waals surface area contributed by atoms with Crippen LogP contribution in [0.4, 0.5) is 5.82 Å². The number of aromatic nitrogens is 1. The Kier molecular flexibility index (Phi) is 15.1. The van der Waals surface area contributed by atoms with Crippen LogP contribution in [0.5, 0.6) is 0 Å². The fraction of sp³-hybridized carbons (Fsp3) is 0.592. The molecule has 4 aliphatic rings. The lowest BCUT2D eigenvalue weighted by Crippen LogP contribution is -2.72. The third-order valence-corrected chi connectivity index (χ3v) is 15.0. The Hall–Kier alpha value is -4.60. The molecule has 2 heterocycles. The van der Waals surface area contributed by atoms with Gasteiger partial charge in [0.2, 0.25) is 0 Å². The van der Waals surface area contributed by atoms with Gasteiger partial charge in [-0.15, -0.1) is 0 Å². The average Bonchev–Trinajstić information content (AvgIpc) is 3.96. The average molecular weight is 869 g/mol. The maximum absolute atomic E-state index is 12.9. The number of guanidine groups is 1. The predicted octanol–water partition coefficient (Wildman–Crippen LogP) is 4.76. The second-order valence-electron chi connectivity index (χ2n) is 19.0. The number of carbonyl (C=O) groups excluding carboxylic acids is 2. The van der Waals surface area contributed by atoms with Crippen LogP contribution in [-0.2, 0) is 27.2 Å². The Morgan fingerprint density at radius 3 is 2.52 bits per heavy atom. The van der Waals surface area contributed by atoms with E-state index in [1.165, 1.54) is 17.2 Å². The minimum atomic E-state index is -1.77. The number of carboxylic acid groups (broad SMARTS) is 1. The Labute approximate surface area is 370 Å². The maximum atomic E-state index is 12.9. The zero-order chi connectivity index (χ0) is 44.7. The highest BCUT2D eigenvalue weighted by Gasteiger charge is 2.61. The van der Waals surface area contributed by atoms with Crippen LogP contribution in [0.25, 0.3) is 10.8 Å². The predicted molar refractivity (Wildman–Crippen MR) is 243 cm³/mol. The molecule has 0 spiro atoms. The summed E-state index contributed by atoms with van der Waals surface area (Å²) in [5.74, 6) is -0.777. The standard InChI is InChI=1S/C49H68N6O8/c50-36(15-11-31(29-58)6-5-22-56)7-3-8-37-34(14-13-33-25-32-12-10-30(17-23-57)24-35(32)26-39(33)37)27-41(53-42-9-4-21-52-42)40(28-43(59)60)44-38-16-20-49(63,48(62)18-1-2-19-48)46(61)45(38)55-47(51)54-44/h4,9-10,12,21,23-26,28-29,31,34,36-38,41,44-46,52-53,56,61-63H,1-3,5-8,11,13-20,22,27,50H2,(H,59,60)(H3,51,54,55). The van der Waals surface area contributed by atoms with E-state index >= 15 is 0 Å². The number of fused-ring (bicyclic) bond motifs is 3. The van der Waals surface area contributed by atoms with Gasteiger partial charge in [0.15, 0.2) is 5.96 Å². The minimum absolute atomic E-state index is 0.0346. The molecule has 14 nitrogen and oxygen atoms in total. The fourth-order valence-electron chi connectivity index (χ4n) is 11.7. The first-order valence-electron chi connectivity index (χ1n) is 23.2. The number of hydrogen-bond acceptors (Lipinski definition) is 12. The van der Waals surface area contributed by atoms with Crippen LogP contribution in [-0.4, -0.2) is 103 Å². The van der Waals surface area contributed by atoms with Crippen LogP contribution in [0.3, 0.4) is 0 Å². The summed E-state index contributed by atoms with van der Waals surface area (Å²) in [6.07, 6.45) is 13.9. The molecule has 10 atom stereocenters. The molecular weight excluding hydrogens is 801 g/mol. The van der Waals surface area contributed by atoms with Gasteiger partial charge in [-0.25, -0.2) is 9.79 Å². The maximum Gasteiger partial charge on any atom is 0.328 e. The van der Waals surface area contributed by atoms with Crippen molar-refractivity contribution in [2.45, 2.75) is 157 Å². The number of aldehydes is 2. The number of aliphatic imine (C=N–C) groups is 1. The minimum Gasteiger partial charge on any atom is -0.478 e. The summed E-state index contributed by atoms with van der Waals surface area (Å²) in [6.45, 7) is 0.0575. The van der Waals surface area contributed by atoms with Crippen molar-refractivity contribution in [1.82, 2.24) is 10.3 Å². The summed E-state index contributed by atoms with van der Waals surface area (Å²) in [6, 6.07) is 12.3. The molecule has 0 saturated heterocycles. The number of aliphatic hydroxyl groups is 4. The summed E-state index contributed by atoms with van der Waals surface area (Å²) in [4.78, 5) is 44.2. The van der Waals surface area contributed by atoms with Gasteiger partial charge in [-0.3, -0.25) is 0 Å².